The van der Waals surface area contributed by atoms with Crippen molar-refractivity contribution in [1.82, 2.24) is 9.80 Å². The number of hydrogen-bond donors (Lipinski definition) is 0. The predicted molar refractivity (Wildman–Crippen MR) is 94.2 cm³/mol. The van der Waals surface area contributed by atoms with E-state index in [4.69, 9.17) is 16.3 Å². The maximum atomic E-state index is 13.2. The fourth-order valence-corrected chi connectivity index (χ4v) is 4.64. The molecule has 0 radical (unpaired) electrons. The summed E-state index contributed by atoms with van der Waals surface area (Å²) in [6, 6.07) is 4.04. The molecule has 0 aromatic heterocycles. The maximum absolute atomic E-state index is 13.2. The molecule has 1 aliphatic carbocycles. The van der Waals surface area contributed by atoms with Crippen LogP contribution in [0.25, 0.3) is 0 Å². The third kappa shape index (κ3) is 3.27. The Morgan fingerprint density at radius 2 is 2.00 bits per heavy atom. The van der Waals surface area contributed by atoms with Crippen molar-refractivity contribution >= 4 is 23.6 Å². The Kier molecular flexibility index (Phi) is 4.78. The summed E-state index contributed by atoms with van der Waals surface area (Å²) in [7, 11) is 0. The number of fused-ring (bicyclic) bond motifs is 1. The van der Waals surface area contributed by atoms with Crippen LogP contribution >= 0.6 is 11.6 Å². The molecule has 140 valence electrons. The molecule has 2 amide bonds. The van der Waals surface area contributed by atoms with Gasteiger partial charge in [-0.1, -0.05) is 17.7 Å². The van der Waals surface area contributed by atoms with Crippen LogP contribution < -0.4 is 0 Å². The van der Waals surface area contributed by atoms with Crippen LogP contribution in [-0.2, 0) is 16.1 Å². The Balaban J connectivity index is 1.44. The normalized spacial score (nSPS) is 25.8. The molecule has 0 N–H and O–H groups in total. The number of hydrogen-bond acceptors (Lipinski definition) is 3. The Morgan fingerprint density at radius 1 is 1.23 bits per heavy atom. The number of amides is 2. The third-order valence-electron chi connectivity index (χ3n) is 5.77. The summed E-state index contributed by atoms with van der Waals surface area (Å²) in [5.41, 5.74) is 0.717. The van der Waals surface area contributed by atoms with Crippen LogP contribution in [0.4, 0.5) is 9.18 Å². The van der Waals surface area contributed by atoms with Gasteiger partial charge in [0.1, 0.15) is 11.9 Å². The van der Waals surface area contributed by atoms with Crippen molar-refractivity contribution in [3.8, 4) is 0 Å². The summed E-state index contributed by atoms with van der Waals surface area (Å²) in [6.07, 6.45) is 4.84. The number of halogens is 2. The van der Waals surface area contributed by atoms with Gasteiger partial charge in [-0.25, -0.2) is 9.18 Å². The van der Waals surface area contributed by atoms with Crippen molar-refractivity contribution < 1.29 is 18.7 Å². The Bertz CT molecular complexity index is 723. The van der Waals surface area contributed by atoms with Gasteiger partial charge in [-0.2, -0.15) is 0 Å². The molecule has 1 aromatic rings. The van der Waals surface area contributed by atoms with Gasteiger partial charge in [0.2, 0.25) is 5.91 Å². The summed E-state index contributed by atoms with van der Waals surface area (Å²) in [5, 5.41) is 0.316. The molecule has 26 heavy (non-hydrogen) atoms. The van der Waals surface area contributed by atoms with Gasteiger partial charge in [-0.15, -0.1) is 0 Å². The fourth-order valence-electron chi connectivity index (χ4n) is 4.41. The van der Waals surface area contributed by atoms with Crippen LogP contribution in [-0.4, -0.2) is 46.5 Å². The average Bonchev–Trinajstić information content (AvgIpc) is 3.29. The Labute approximate surface area is 157 Å². The SMILES string of the molecule is O=C1C[C@H]2[C@H](CCN2C(=O)OC2CCCC2)N1Cc1ccc(F)cc1Cl. The first-order valence-electron chi connectivity index (χ1n) is 9.23. The van der Waals surface area contributed by atoms with E-state index in [0.29, 0.717) is 30.1 Å². The molecule has 1 aromatic carbocycles. The van der Waals surface area contributed by atoms with E-state index in [2.05, 4.69) is 0 Å². The van der Waals surface area contributed by atoms with Gasteiger partial charge >= 0.3 is 6.09 Å². The zero-order valence-corrected chi connectivity index (χ0v) is 15.3. The standard InChI is InChI=1S/C19H22ClFN2O3/c20-15-9-13(21)6-5-12(15)11-23-16-7-8-22(17(16)10-18(23)24)19(25)26-14-3-1-2-4-14/h5-6,9,14,16-17H,1-4,7-8,10-11H2/t16-,17-/m0/s1. The molecule has 4 rings (SSSR count). The number of rotatable bonds is 3. The van der Waals surface area contributed by atoms with Gasteiger partial charge in [0, 0.05) is 24.5 Å². The van der Waals surface area contributed by atoms with E-state index in [-0.39, 0.29) is 30.2 Å². The number of carbonyl (C=O) groups is 2. The lowest BCUT2D eigenvalue weighted by Gasteiger charge is -2.26. The zero-order valence-electron chi connectivity index (χ0n) is 14.5. The topological polar surface area (TPSA) is 49.9 Å². The monoisotopic (exact) mass is 380 g/mol. The van der Waals surface area contributed by atoms with Gasteiger partial charge in [-0.05, 0) is 49.8 Å². The van der Waals surface area contributed by atoms with Crippen LogP contribution in [0.1, 0.15) is 44.1 Å². The second-order valence-electron chi connectivity index (χ2n) is 7.37. The second-order valence-corrected chi connectivity index (χ2v) is 7.78. The summed E-state index contributed by atoms with van der Waals surface area (Å²) >= 11 is 6.11. The molecule has 1 saturated carbocycles. The number of likely N-dealkylation sites (tertiary alicyclic amines) is 2. The van der Waals surface area contributed by atoms with Crippen LogP contribution in [0.3, 0.4) is 0 Å². The minimum atomic E-state index is -0.397. The number of benzene rings is 1. The first-order chi connectivity index (χ1) is 12.5. The molecular weight excluding hydrogens is 359 g/mol. The van der Waals surface area contributed by atoms with Crippen molar-refractivity contribution in [3.05, 3.63) is 34.6 Å². The van der Waals surface area contributed by atoms with Crippen molar-refractivity contribution in [1.29, 1.82) is 0 Å². The van der Waals surface area contributed by atoms with Crippen LogP contribution in [0.2, 0.25) is 5.02 Å². The van der Waals surface area contributed by atoms with Crippen LogP contribution in [0.15, 0.2) is 18.2 Å². The number of nitrogens with zero attached hydrogens (tertiary/aromatic N) is 2. The molecule has 3 fully saturated rings. The Morgan fingerprint density at radius 3 is 2.73 bits per heavy atom. The van der Waals surface area contributed by atoms with Crippen molar-refractivity contribution in [2.45, 2.75) is 63.3 Å². The van der Waals surface area contributed by atoms with Crippen molar-refractivity contribution in [2.24, 2.45) is 0 Å². The van der Waals surface area contributed by atoms with Crippen LogP contribution in [0.5, 0.6) is 0 Å². The van der Waals surface area contributed by atoms with E-state index in [1.54, 1.807) is 15.9 Å². The summed E-state index contributed by atoms with van der Waals surface area (Å²) in [4.78, 5) is 28.5. The molecule has 7 heteroatoms. The summed E-state index contributed by atoms with van der Waals surface area (Å²) in [6.45, 7) is 0.937. The van der Waals surface area contributed by atoms with Gasteiger partial charge in [0.05, 0.1) is 12.1 Å². The van der Waals surface area contributed by atoms with Crippen molar-refractivity contribution in [3.63, 3.8) is 0 Å². The van der Waals surface area contributed by atoms with Gasteiger partial charge in [0.25, 0.3) is 0 Å². The van der Waals surface area contributed by atoms with E-state index >= 15 is 0 Å². The van der Waals surface area contributed by atoms with E-state index in [9.17, 15) is 14.0 Å². The van der Waals surface area contributed by atoms with Gasteiger partial charge in [-0.3, -0.25) is 4.79 Å². The highest BCUT2D eigenvalue weighted by Crippen LogP contribution is 2.35. The lowest BCUT2D eigenvalue weighted by molar-refractivity contribution is -0.129. The van der Waals surface area contributed by atoms with E-state index in [0.717, 1.165) is 32.1 Å². The summed E-state index contributed by atoms with van der Waals surface area (Å²) in [5.74, 6) is -0.398. The van der Waals surface area contributed by atoms with Gasteiger partial charge < -0.3 is 14.5 Å². The lowest BCUT2D eigenvalue weighted by Crippen LogP contribution is -2.40. The first-order valence-corrected chi connectivity index (χ1v) is 9.61. The van der Waals surface area contributed by atoms with Gasteiger partial charge in [0.15, 0.2) is 0 Å². The molecule has 0 spiro atoms. The molecule has 2 heterocycles. The molecule has 3 aliphatic rings. The quantitative estimate of drug-likeness (QED) is 0.802. The molecule has 2 atom stereocenters. The molecule has 2 saturated heterocycles. The number of ether oxygens (including phenoxy) is 1. The predicted octanol–water partition coefficient (Wildman–Crippen LogP) is 3.73. The highest BCUT2D eigenvalue weighted by molar-refractivity contribution is 6.31. The third-order valence-corrected chi connectivity index (χ3v) is 6.13. The molecule has 0 unspecified atom stereocenters. The largest absolute Gasteiger partial charge is 0.446 e. The number of carbonyl (C=O) groups excluding carboxylic acids is 2. The van der Waals surface area contributed by atoms with E-state index < -0.39 is 5.82 Å². The molecule has 2 aliphatic heterocycles. The minimum absolute atomic E-state index is 0.00115. The zero-order chi connectivity index (χ0) is 18.3. The Hall–Kier alpha value is -1.82. The maximum Gasteiger partial charge on any atom is 0.410 e. The highest BCUT2D eigenvalue weighted by atomic mass is 35.5. The fraction of sp³-hybridized carbons (Fsp3) is 0.579. The highest BCUT2D eigenvalue weighted by Gasteiger charge is 2.49. The lowest BCUT2D eigenvalue weighted by atomic mass is 10.1. The second kappa shape index (κ2) is 7.06. The minimum Gasteiger partial charge on any atom is -0.446 e. The van der Waals surface area contributed by atoms with Crippen molar-refractivity contribution in [2.75, 3.05) is 6.54 Å². The smallest absolute Gasteiger partial charge is 0.410 e. The van der Waals surface area contributed by atoms with E-state index in [1.807, 2.05) is 0 Å². The molecule has 5 nitrogen and oxygen atoms in total. The molecule has 0 bridgehead atoms. The first kappa shape index (κ1) is 17.6. The van der Waals surface area contributed by atoms with Crippen LogP contribution in [0, 0.1) is 5.82 Å². The average molecular weight is 381 g/mol. The summed E-state index contributed by atoms with van der Waals surface area (Å²) < 4.78 is 18.9. The van der Waals surface area contributed by atoms with E-state index in [1.165, 1.54) is 12.1 Å². The molecular formula is C19H22ClFN2O3.